The van der Waals surface area contributed by atoms with E-state index in [1.54, 1.807) is 0 Å². The molecule has 0 atom stereocenters. The molecular formula is C8H17F2N3O2S. The molecule has 0 radical (unpaired) electrons. The zero-order chi connectivity index (χ0) is 12.2. The van der Waals surface area contributed by atoms with Gasteiger partial charge >= 0.3 is 5.76 Å². The van der Waals surface area contributed by atoms with Gasteiger partial charge in [0.15, 0.2) is 0 Å². The number of hydrogen-bond donors (Lipinski definition) is 1. The summed E-state index contributed by atoms with van der Waals surface area (Å²) in [6.45, 7) is 3.94. The molecule has 96 valence electrons. The summed E-state index contributed by atoms with van der Waals surface area (Å²) in [5.41, 5.74) is 0. The largest absolute Gasteiger partial charge is 0.350 e. The minimum Gasteiger partial charge on any atom is -0.314 e. The lowest BCUT2D eigenvalue weighted by Crippen LogP contribution is -2.46. The summed E-state index contributed by atoms with van der Waals surface area (Å²) in [5.74, 6) is -3.33. The van der Waals surface area contributed by atoms with Crippen molar-refractivity contribution < 1.29 is 17.2 Å². The molecule has 0 aromatic carbocycles. The van der Waals surface area contributed by atoms with Crippen LogP contribution >= 0.6 is 0 Å². The Bertz CT molecular complexity index is 304. The second-order valence-corrected chi connectivity index (χ2v) is 5.73. The van der Waals surface area contributed by atoms with E-state index in [1.807, 2.05) is 4.90 Å². The fourth-order valence-electron chi connectivity index (χ4n) is 1.48. The summed E-state index contributed by atoms with van der Waals surface area (Å²) in [7, 11) is -3.24. The average Bonchev–Trinajstić information content (AvgIpc) is 2.27. The monoisotopic (exact) mass is 257 g/mol. The van der Waals surface area contributed by atoms with Gasteiger partial charge in [-0.05, 0) is 0 Å². The molecule has 1 rings (SSSR count). The van der Waals surface area contributed by atoms with Crippen LogP contribution in [0.5, 0.6) is 0 Å². The van der Waals surface area contributed by atoms with Crippen molar-refractivity contribution in [3.63, 3.8) is 0 Å². The molecule has 0 aliphatic carbocycles. The molecule has 0 aromatic heterocycles. The summed E-state index contributed by atoms with van der Waals surface area (Å²) >= 11 is 0. The molecule has 5 nitrogen and oxygen atoms in total. The van der Waals surface area contributed by atoms with Crippen molar-refractivity contribution in [1.82, 2.24) is 14.5 Å². The van der Waals surface area contributed by atoms with Crippen molar-refractivity contribution in [3.05, 3.63) is 0 Å². The second-order valence-electron chi connectivity index (χ2n) is 3.72. The smallest absolute Gasteiger partial charge is 0.314 e. The Morgan fingerprint density at radius 2 is 1.94 bits per heavy atom. The summed E-state index contributed by atoms with van der Waals surface area (Å²) in [6.07, 6.45) is 0. The minimum absolute atomic E-state index is 0.104. The maximum Gasteiger partial charge on any atom is 0.350 e. The van der Waals surface area contributed by atoms with Crippen LogP contribution in [0.3, 0.4) is 0 Å². The van der Waals surface area contributed by atoms with E-state index in [2.05, 4.69) is 5.32 Å². The third-order valence-corrected chi connectivity index (χ3v) is 4.10. The van der Waals surface area contributed by atoms with E-state index in [-0.39, 0.29) is 6.54 Å². The fourth-order valence-corrected chi connectivity index (χ4v) is 2.09. The Morgan fingerprint density at radius 1 is 1.38 bits per heavy atom. The lowest BCUT2D eigenvalue weighted by Gasteiger charge is -2.28. The molecule has 1 fully saturated rings. The molecule has 0 aromatic rings. The minimum atomic E-state index is -4.42. The molecule has 1 saturated heterocycles. The van der Waals surface area contributed by atoms with Crippen molar-refractivity contribution in [3.8, 4) is 0 Å². The fraction of sp³-hybridized carbons (Fsp3) is 1.00. The molecule has 16 heavy (non-hydrogen) atoms. The van der Waals surface area contributed by atoms with Crippen LogP contribution < -0.4 is 5.32 Å². The van der Waals surface area contributed by atoms with Crippen molar-refractivity contribution in [1.29, 1.82) is 0 Å². The predicted molar refractivity (Wildman–Crippen MR) is 56.9 cm³/mol. The maximum atomic E-state index is 12.2. The van der Waals surface area contributed by atoms with Gasteiger partial charge in [-0.3, -0.25) is 4.90 Å². The van der Waals surface area contributed by atoms with Crippen molar-refractivity contribution in [2.24, 2.45) is 0 Å². The molecule has 0 bridgehead atoms. The first-order valence-corrected chi connectivity index (χ1v) is 6.61. The van der Waals surface area contributed by atoms with Crippen LogP contribution in [-0.4, -0.2) is 69.7 Å². The number of nitrogens with one attached hydrogen (secondary N) is 1. The molecular weight excluding hydrogens is 240 g/mol. The summed E-state index contributed by atoms with van der Waals surface area (Å²) < 4.78 is 47.2. The number of sulfonamides is 1. The third kappa shape index (κ3) is 3.62. The number of rotatable bonds is 5. The van der Waals surface area contributed by atoms with Crippen molar-refractivity contribution in [2.75, 3.05) is 46.3 Å². The van der Waals surface area contributed by atoms with E-state index in [9.17, 15) is 17.2 Å². The molecule has 1 N–H and O–H groups in total. The highest BCUT2D eigenvalue weighted by atomic mass is 32.2. The Balaban J connectivity index is 2.37. The number of halogens is 2. The highest BCUT2D eigenvalue weighted by Crippen LogP contribution is 2.09. The highest BCUT2D eigenvalue weighted by Gasteiger charge is 2.29. The van der Waals surface area contributed by atoms with Crippen LogP contribution in [0.15, 0.2) is 0 Å². The van der Waals surface area contributed by atoms with E-state index in [4.69, 9.17) is 0 Å². The van der Waals surface area contributed by atoms with Gasteiger partial charge in [0.05, 0.1) is 0 Å². The lowest BCUT2D eigenvalue weighted by atomic mass is 10.3. The number of piperazine rings is 1. The topological polar surface area (TPSA) is 52.6 Å². The molecule has 1 aliphatic heterocycles. The quantitative estimate of drug-likeness (QED) is 0.713. The van der Waals surface area contributed by atoms with Gasteiger partial charge in [0.25, 0.3) is 10.0 Å². The molecule has 0 spiro atoms. The molecule has 8 heteroatoms. The Hall–Kier alpha value is -0.310. The zero-order valence-electron chi connectivity index (χ0n) is 9.20. The number of hydrogen-bond acceptors (Lipinski definition) is 4. The number of alkyl halides is 2. The van der Waals surface area contributed by atoms with Crippen LogP contribution in [0.1, 0.15) is 0 Å². The van der Waals surface area contributed by atoms with Crippen LogP contribution in [0.2, 0.25) is 0 Å². The van der Waals surface area contributed by atoms with Gasteiger partial charge < -0.3 is 5.32 Å². The first-order valence-electron chi connectivity index (χ1n) is 5.11. The number of nitrogens with zero attached hydrogens (tertiary/aromatic N) is 2. The second kappa shape index (κ2) is 5.85. The summed E-state index contributed by atoms with van der Waals surface area (Å²) in [6, 6.07) is 0. The van der Waals surface area contributed by atoms with Gasteiger partial charge in [-0.25, -0.2) is 8.42 Å². The van der Waals surface area contributed by atoms with E-state index in [0.29, 0.717) is 6.54 Å². The first-order chi connectivity index (χ1) is 7.44. The molecule has 0 amide bonds. The maximum absolute atomic E-state index is 12.2. The number of likely N-dealkylation sites (N-methyl/N-ethyl adjacent to an activating group) is 1. The van der Waals surface area contributed by atoms with Gasteiger partial charge in [-0.2, -0.15) is 13.1 Å². The molecule has 1 aliphatic rings. The van der Waals surface area contributed by atoms with Crippen LogP contribution in [0, 0.1) is 0 Å². The van der Waals surface area contributed by atoms with Gasteiger partial charge in [0.2, 0.25) is 0 Å². The van der Waals surface area contributed by atoms with Crippen LogP contribution in [0.4, 0.5) is 8.78 Å². The van der Waals surface area contributed by atoms with E-state index >= 15 is 0 Å². The van der Waals surface area contributed by atoms with E-state index in [0.717, 1.165) is 30.5 Å². The van der Waals surface area contributed by atoms with Crippen LogP contribution in [0.25, 0.3) is 0 Å². The average molecular weight is 257 g/mol. The van der Waals surface area contributed by atoms with Gasteiger partial charge in [0, 0.05) is 46.3 Å². The van der Waals surface area contributed by atoms with Crippen molar-refractivity contribution in [2.45, 2.75) is 5.76 Å². The highest BCUT2D eigenvalue weighted by molar-refractivity contribution is 7.89. The Labute approximate surface area is 94.4 Å². The van der Waals surface area contributed by atoms with Gasteiger partial charge in [0.1, 0.15) is 0 Å². The standard InChI is InChI=1S/C8H17F2N3O2S/c1-12(16(14,15)8(9)10)6-7-13-4-2-11-3-5-13/h8,11H,2-7H2,1H3. The first kappa shape index (κ1) is 13.8. The normalized spacial score (nSPS) is 19.6. The summed E-state index contributed by atoms with van der Waals surface area (Å²) in [5, 5.41) is 3.16. The SMILES string of the molecule is CN(CCN1CCNCC1)S(=O)(=O)C(F)F. The van der Waals surface area contributed by atoms with Crippen molar-refractivity contribution >= 4 is 10.0 Å². The Morgan fingerprint density at radius 3 is 2.44 bits per heavy atom. The zero-order valence-corrected chi connectivity index (χ0v) is 10.0. The third-order valence-electron chi connectivity index (χ3n) is 2.60. The van der Waals surface area contributed by atoms with Gasteiger partial charge in [-0.1, -0.05) is 0 Å². The Kier molecular flexibility index (Phi) is 5.03. The van der Waals surface area contributed by atoms with E-state index in [1.165, 1.54) is 7.05 Å². The van der Waals surface area contributed by atoms with Crippen LogP contribution in [-0.2, 0) is 10.0 Å². The molecule has 1 heterocycles. The summed E-state index contributed by atoms with van der Waals surface area (Å²) in [4.78, 5) is 2.05. The molecule has 0 unspecified atom stereocenters. The molecule has 0 saturated carbocycles. The van der Waals surface area contributed by atoms with E-state index < -0.39 is 15.8 Å². The van der Waals surface area contributed by atoms with Gasteiger partial charge in [-0.15, -0.1) is 0 Å². The predicted octanol–water partition coefficient (Wildman–Crippen LogP) is -0.624. The lowest BCUT2D eigenvalue weighted by molar-refractivity contribution is 0.208.